The standard InChI is InChI=1S/C17H17N3O3S/c1-2-24(22,23)20-12-11-19(15-8-4-3-5-9-15)17(21)16(20)14-7-6-10-18-13-14/h2-10,13,16H,1,11-12H2. The van der Waals surface area contributed by atoms with E-state index in [1.165, 1.54) is 10.5 Å². The molecule has 1 fully saturated rings. The zero-order valence-electron chi connectivity index (χ0n) is 12.9. The van der Waals surface area contributed by atoms with Crippen molar-refractivity contribution >= 4 is 21.6 Å². The van der Waals surface area contributed by atoms with E-state index in [4.69, 9.17) is 0 Å². The van der Waals surface area contributed by atoms with Gasteiger partial charge in [-0.15, -0.1) is 0 Å². The average Bonchev–Trinajstić information content (AvgIpc) is 2.63. The minimum Gasteiger partial charge on any atom is -0.309 e. The number of piperazine rings is 1. The minimum atomic E-state index is -3.74. The summed E-state index contributed by atoms with van der Waals surface area (Å²) in [5.74, 6) is -0.300. The van der Waals surface area contributed by atoms with Crippen molar-refractivity contribution in [1.29, 1.82) is 0 Å². The first kappa shape index (κ1) is 16.4. The topological polar surface area (TPSA) is 70.6 Å². The van der Waals surface area contributed by atoms with Crippen molar-refractivity contribution < 1.29 is 13.2 Å². The molecule has 0 bridgehead atoms. The van der Waals surface area contributed by atoms with E-state index < -0.39 is 16.1 Å². The largest absolute Gasteiger partial charge is 0.309 e. The van der Waals surface area contributed by atoms with Crippen LogP contribution in [-0.4, -0.2) is 36.7 Å². The Morgan fingerprint density at radius 1 is 1.12 bits per heavy atom. The smallest absolute Gasteiger partial charge is 0.250 e. The lowest BCUT2D eigenvalue weighted by molar-refractivity contribution is -0.124. The van der Waals surface area contributed by atoms with E-state index in [1.54, 1.807) is 23.2 Å². The van der Waals surface area contributed by atoms with Crippen LogP contribution in [0, 0.1) is 0 Å². The van der Waals surface area contributed by atoms with Gasteiger partial charge in [0, 0.05) is 36.6 Å². The third kappa shape index (κ3) is 2.95. The van der Waals surface area contributed by atoms with Gasteiger partial charge in [0.15, 0.2) is 0 Å². The maximum atomic E-state index is 13.1. The van der Waals surface area contributed by atoms with E-state index in [1.807, 2.05) is 30.3 Å². The summed E-state index contributed by atoms with van der Waals surface area (Å²) in [6.45, 7) is 3.84. The van der Waals surface area contributed by atoms with Crippen molar-refractivity contribution in [1.82, 2.24) is 9.29 Å². The van der Waals surface area contributed by atoms with Gasteiger partial charge >= 0.3 is 0 Å². The minimum absolute atomic E-state index is 0.189. The molecule has 124 valence electrons. The third-order valence-electron chi connectivity index (χ3n) is 3.94. The number of pyridine rings is 1. The molecule has 1 atom stereocenters. The zero-order chi connectivity index (χ0) is 17.2. The third-order valence-corrected chi connectivity index (χ3v) is 5.41. The Morgan fingerprint density at radius 2 is 1.88 bits per heavy atom. The highest BCUT2D eigenvalue weighted by Crippen LogP contribution is 2.31. The number of amides is 1. The molecule has 0 radical (unpaired) electrons. The van der Waals surface area contributed by atoms with Gasteiger partial charge in [0.2, 0.25) is 15.9 Å². The van der Waals surface area contributed by atoms with Crippen LogP contribution in [0.25, 0.3) is 0 Å². The lowest BCUT2D eigenvalue weighted by Crippen LogP contribution is -2.53. The lowest BCUT2D eigenvalue weighted by atomic mass is 10.1. The van der Waals surface area contributed by atoms with E-state index >= 15 is 0 Å². The molecule has 2 aromatic rings. The summed E-state index contributed by atoms with van der Waals surface area (Å²) in [5.41, 5.74) is 1.28. The van der Waals surface area contributed by atoms with Gasteiger partial charge in [0.1, 0.15) is 6.04 Å². The van der Waals surface area contributed by atoms with Gasteiger partial charge in [-0.05, 0) is 23.8 Å². The number of rotatable bonds is 4. The molecular formula is C17H17N3O3S. The summed E-state index contributed by atoms with van der Waals surface area (Å²) in [7, 11) is -3.74. The van der Waals surface area contributed by atoms with E-state index in [9.17, 15) is 13.2 Å². The molecule has 1 aromatic heterocycles. The first-order valence-electron chi connectivity index (χ1n) is 7.45. The molecule has 1 unspecified atom stereocenters. The van der Waals surface area contributed by atoms with Gasteiger partial charge in [-0.1, -0.05) is 30.8 Å². The van der Waals surface area contributed by atoms with Crippen molar-refractivity contribution in [2.45, 2.75) is 6.04 Å². The van der Waals surface area contributed by atoms with Crippen LogP contribution in [0.1, 0.15) is 11.6 Å². The van der Waals surface area contributed by atoms with Gasteiger partial charge in [-0.2, -0.15) is 4.31 Å². The van der Waals surface area contributed by atoms with E-state index in [2.05, 4.69) is 11.6 Å². The quantitative estimate of drug-likeness (QED) is 0.851. The summed E-state index contributed by atoms with van der Waals surface area (Å²) in [5, 5.41) is 0.877. The van der Waals surface area contributed by atoms with Crippen LogP contribution in [0.2, 0.25) is 0 Å². The molecule has 6 nitrogen and oxygen atoms in total. The number of benzene rings is 1. The van der Waals surface area contributed by atoms with Crippen molar-refractivity contribution in [2.24, 2.45) is 0 Å². The van der Waals surface area contributed by atoms with Crippen LogP contribution in [0.4, 0.5) is 5.69 Å². The second kappa shape index (κ2) is 6.54. The number of sulfonamides is 1. The predicted octanol–water partition coefficient (Wildman–Crippen LogP) is 1.94. The van der Waals surface area contributed by atoms with Crippen LogP contribution >= 0.6 is 0 Å². The van der Waals surface area contributed by atoms with Gasteiger partial charge in [-0.25, -0.2) is 8.42 Å². The molecule has 2 heterocycles. The molecule has 1 saturated heterocycles. The molecule has 0 saturated carbocycles. The lowest BCUT2D eigenvalue weighted by Gasteiger charge is -2.39. The second-order valence-corrected chi connectivity index (χ2v) is 7.17. The van der Waals surface area contributed by atoms with E-state index in [0.717, 1.165) is 11.1 Å². The fourth-order valence-corrected chi connectivity index (χ4v) is 3.82. The summed E-state index contributed by atoms with van der Waals surface area (Å²) in [6, 6.07) is 11.6. The summed E-state index contributed by atoms with van der Waals surface area (Å²) >= 11 is 0. The second-order valence-electron chi connectivity index (χ2n) is 5.34. The SMILES string of the molecule is C=CS(=O)(=O)N1CCN(c2ccccc2)C(=O)C1c1cccnc1. The van der Waals surface area contributed by atoms with E-state index in [0.29, 0.717) is 5.56 Å². The van der Waals surface area contributed by atoms with E-state index in [-0.39, 0.29) is 19.0 Å². The number of carbonyl (C=O) groups is 1. The maximum Gasteiger partial charge on any atom is 0.250 e. The number of hydrogen-bond donors (Lipinski definition) is 0. The molecule has 1 aromatic carbocycles. The molecule has 3 rings (SSSR count). The van der Waals surface area contributed by atoms with Crippen LogP contribution in [-0.2, 0) is 14.8 Å². The highest BCUT2D eigenvalue weighted by molar-refractivity contribution is 7.92. The Hall–Kier alpha value is -2.51. The van der Waals surface area contributed by atoms with Crippen LogP contribution in [0.5, 0.6) is 0 Å². The van der Waals surface area contributed by atoms with Gasteiger partial charge in [0.05, 0.1) is 0 Å². The first-order chi connectivity index (χ1) is 11.5. The van der Waals surface area contributed by atoms with Crippen LogP contribution < -0.4 is 4.90 Å². The van der Waals surface area contributed by atoms with Gasteiger partial charge < -0.3 is 4.90 Å². The maximum absolute atomic E-state index is 13.1. The number of hydrogen-bond acceptors (Lipinski definition) is 4. The zero-order valence-corrected chi connectivity index (χ0v) is 13.8. The fourth-order valence-electron chi connectivity index (χ4n) is 2.79. The predicted molar refractivity (Wildman–Crippen MR) is 91.6 cm³/mol. The molecule has 1 aliphatic rings. The monoisotopic (exact) mass is 343 g/mol. The number of para-hydroxylation sites is 1. The molecule has 7 heteroatoms. The van der Waals surface area contributed by atoms with Gasteiger partial charge in [0.25, 0.3) is 0 Å². The fraction of sp³-hybridized carbons (Fsp3) is 0.176. The highest BCUT2D eigenvalue weighted by Gasteiger charge is 2.41. The molecule has 0 spiro atoms. The number of nitrogens with zero attached hydrogens (tertiary/aromatic N) is 3. The number of anilines is 1. The Bertz CT molecular complexity index is 838. The van der Waals surface area contributed by atoms with Crippen molar-refractivity contribution in [3.05, 3.63) is 72.4 Å². The van der Waals surface area contributed by atoms with Crippen molar-refractivity contribution in [2.75, 3.05) is 18.0 Å². The van der Waals surface area contributed by atoms with Crippen LogP contribution in [0.15, 0.2) is 66.8 Å². The molecule has 1 aliphatic heterocycles. The Kier molecular flexibility index (Phi) is 4.46. The first-order valence-corrected chi connectivity index (χ1v) is 8.95. The van der Waals surface area contributed by atoms with Gasteiger partial charge in [-0.3, -0.25) is 9.78 Å². The Morgan fingerprint density at radius 3 is 2.50 bits per heavy atom. The number of carbonyl (C=O) groups excluding carboxylic acids is 1. The van der Waals surface area contributed by atoms with Crippen molar-refractivity contribution in [3.63, 3.8) is 0 Å². The van der Waals surface area contributed by atoms with Crippen LogP contribution in [0.3, 0.4) is 0 Å². The molecule has 1 amide bonds. The average molecular weight is 343 g/mol. The Balaban J connectivity index is 2.05. The number of aromatic nitrogens is 1. The van der Waals surface area contributed by atoms with Crippen molar-refractivity contribution in [3.8, 4) is 0 Å². The summed E-state index contributed by atoms with van der Waals surface area (Å²) < 4.78 is 25.9. The normalized spacial score (nSPS) is 19.2. The molecule has 0 aliphatic carbocycles. The summed E-state index contributed by atoms with van der Waals surface area (Å²) in [6.07, 6.45) is 3.10. The highest BCUT2D eigenvalue weighted by atomic mass is 32.2. The molecular weight excluding hydrogens is 326 g/mol. The summed E-state index contributed by atoms with van der Waals surface area (Å²) in [4.78, 5) is 18.7. The molecule has 0 N–H and O–H groups in total. The Labute approximate surface area is 141 Å². The molecule has 24 heavy (non-hydrogen) atoms.